The van der Waals surface area contributed by atoms with Gasteiger partial charge in [-0.05, 0) is 18.6 Å². The molecule has 33 heavy (non-hydrogen) atoms. The van der Waals surface area contributed by atoms with Crippen LogP contribution in [0.4, 0.5) is 5.69 Å². The summed E-state index contributed by atoms with van der Waals surface area (Å²) < 4.78 is 0. The topological polar surface area (TPSA) is 128 Å². The van der Waals surface area contributed by atoms with Gasteiger partial charge in [0.1, 0.15) is 6.04 Å². The summed E-state index contributed by atoms with van der Waals surface area (Å²) >= 11 is 0. The molecule has 1 aromatic carbocycles. The van der Waals surface area contributed by atoms with Gasteiger partial charge in [-0.1, -0.05) is 19.9 Å². The molecule has 0 spiro atoms. The van der Waals surface area contributed by atoms with E-state index in [0.29, 0.717) is 18.8 Å². The van der Waals surface area contributed by atoms with Gasteiger partial charge in [-0.15, -0.1) is 0 Å². The van der Waals surface area contributed by atoms with Gasteiger partial charge >= 0.3 is 0 Å². The van der Waals surface area contributed by atoms with Crippen molar-refractivity contribution in [1.29, 1.82) is 0 Å². The first-order chi connectivity index (χ1) is 15.6. The first-order valence-corrected chi connectivity index (χ1v) is 11.2. The number of fused-ring (bicyclic) bond motifs is 2. The molecule has 0 aromatic heterocycles. The third-order valence-corrected chi connectivity index (χ3v) is 7.82. The van der Waals surface area contributed by atoms with Gasteiger partial charge in [0.05, 0.1) is 17.7 Å². The van der Waals surface area contributed by atoms with Crippen LogP contribution in [0.2, 0.25) is 0 Å². The molecule has 0 saturated carbocycles. The van der Waals surface area contributed by atoms with Crippen LogP contribution in [0.25, 0.3) is 0 Å². The van der Waals surface area contributed by atoms with E-state index < -0.39 is 29.7 Å². The zero-order chi connectivity index (χ0) is 23.5. The highest BCUT2D eigenvalue weighted by Crippen LogP contribution is 2.48. The van der Waals surface area contributed by atoms with Crippen LogP contribution in [0.5, 0.6) is 0 Å². The van der Waals surface area contributed by atoms with E-state index in [1.165, 1.54) is 6.07 Å². The van der Waals surface area contributed by atoms with E-state index in [0.717, 1.165) is 18.0 Å². The van der Waals surface area contributed by atoms with E-state index in [1.807, 2.05) is 4.90 Å². The fourth-order valence-corrected chi connectivity index (χ4v) is 5.55. The Hall–Kier alpha value is -3.27. The van der Waals surface area contributed by atoms with Crippen molar-refractivity contribution in [2.45, 2.75) is 32.7 Å². The number of nitrogens with zero attached hydrogens (tertiary/aromatic N) is 2. The van der Waals surface area contributed by atoms with Crippen molar-refractivity contribution >= 4 is 35.2 Å². The second-order valence-electron chi connectivity index (χ2n) is 10.0. The van der Waals surface area contributed by atoms with Crippen molar-refractivity contribution in [1.82, 2.24) is 20.4 Å². The number of hydrogen-bond acceptors (Lipinski definition) is 7. The Morgan fingerprint density at radius 3 is 2.45 bits per heavy atom. The summed E-state index contributed by atoms with van der Waals surface area (Å²) in [5.41, 5.74) is 0.779. The lowest BCUT2D eigenvalue weighted by Gasteiger charge is -2.30. The zero-order valence-corrected chi connectivity index (χ0v) is 18.7. The number of nitrogens with one attached hydrogen (secondary N) is 3. The van der Waals surface area contributed by atoms with Crippen LogP contribution in [0.1, 0.15) is 47.4 Å². The molecule has 3 fully saturated rings. The van der Waals surface area contributed by atoms with E-state index in [9.17, 15) is 24.0 Å². The van der Waals surface area contributed by atoms with Crippen molar-refractivity contribution in [3.05, 3.63) is 29.3 Å². The lowest BCUT2D eigenvalue weighted by molar-refractivity contribution is -0.136. The monoisotopic (exact) mass is 453 g/mol. The Labute approximate surface area is 191 Å². The van der Waals surface area contributed by atoms with E-state index in [4.69, 9.17) is 0 Å². The maximum Gasteiger partial charge on any atom is 0.264 e. The molecule has 0 aliphatic carbocycles. The number of carbonyl (C=O) groups is 5. The number of carbonyl (C=O) groups excluding carboxylic acids is 5. The van der Waals surface area contributed by atoms with E-state index in [-0.39, 0.29) is 47.3 Å². The van der Waals surface area contributed by atoms with Gasteiger partial charge in [0, 0.05) is 49.1 Å². The second-order valence-corrected chi connectivity index (χ2v) is 10.0. The SMILES string of the molecule is C[C@@]12CNC[C@]1(C)CN(C(=O)CNc1cccc3c1C(=O)N(C1CCC(=O)NC1=O)C3=O)C2. The van der Waals surface area contributed by atoms with Crippen LogP contribution >= 0.6 is 0 Å². The smallest absolute Gasteiger partial charge is 0.264 e. The zero-order valence-electron chi connectivity index (χ0n) is 18.7. The molecule has 1 aromatic rings. The number of benzene rings is 1. The Bertz CT molecular complexity index is 1080. The van der Waals surface area contributed by atoms with Gasteiger partial charge in [-0.2, -0.15) is 0 Å². The summed E-state index contributed by atoms with van der Waals surface area (Å²) in [4.78, 5) is 65.6. The molecule has 0 radical (unpaired) electrons. The minimum atomic E-state index is -1.02. The lowest BCUT2D eigenvalue weighted by atomic mass is 9.71. The number of amides is 5. The number of imide groups is 2. The minimum absolute atomic E-state index is 0.00404. The van der Waals surface area contributed by atoms with Gasteiger partial charge in [-0.25, -0.2) is 0 Å². The van der Waals surface area contributed by atoms with E-state index in [1.54, 1.807) is 12.1 Å². The van der Waals surface area contributed by atoms with Gasteiger partial charge in [-0.3, -0.25) is 34.2 Å². The van der Waals surface area contributed by atoms with E-state index in [2.05, 4.69) is 29.8 Å². The van der Waals surface area contributed by atoms with Gasteiger partial charge in [0.15, 0.2) is 0 Å². The van der Waals surface area contributed by atoms with Crippen LogP contribution in [0.15, 0.2) is 18.2 Å². The Balaban J connectivity index is 1.31. The van der Waals surface area contributed by atoms with Crippen molar-refractivity contribution in [3.63, 3.8) is 0 Å². The molecule has 174 valence electrons. The summed E-state index contributed by atoms with van der Waals surface area (Å²) in [5, 5.41) is 8.65. The predicted octanol–water partition coefficient (Wildman–Crippen LogP) is -0.0423. The predicted molar refractivity (Wildman–Crippen MR) is 117 cm³/mol. The van der Waals surface area contributed by atoms with Crippen molar-refractivity contribution in [3.8, 4) is 0 Å². The Morgan fingerprint density at radius 2 is 1.79 bits per heavy atom. The minimum Gasteiger partial charge on any atom is -0.375 e. The Kier molecular flexibility index (Phi) is 4.82. The molecule has 10 nitrogen and oxygen atoms in total. The summed E-state index contributed by atoms with van der Waals surface area (Å²) in [5.74, 6) is -2.30. The van der Waals surface area contributed by atoms with Gasteiger partial charge < -0.3 is 15.5 Å². The fraction of sp³-hybridized carbons (Fsp3) is 0.522. The summed E-state index contributed by atoms with van der Waals surface area (Å²) in [6, 6.07) is 3.80. The van der Waals surface area contributed by atoms with Crippen LogP contribution in [0, 0.1) is 10.8 Å². The number of likely N-dealkylation sites (tertiary alicyclic amines) is 1. The lowest BCUT2D eigenvalue weighted by Crippen LogP contribution is -2.54. The maximum absolute atomic E-state index is 13.2. The molecule has 1 unspecified atom stereocenters. The molecule has 5 amide bonds. The molecular formula is C23H27N5O5. The highest BCUT2D eigenvalue weighted by Gasteiger charge is 2.55. The molecule has 5 rings (SSSR count). The van der Waals surface area contributed by atoms with Crippen LogP contribution in [0.3, 0.4) is 0 Å². The first-order valence-electron chi connectivity index (χ1n) is 11.2. The number of rotatable bonds is 4. The molecular weight excluding hydrogens is 426 g/mol. The quantitative estimate of drug-likeness (QED) is 0.546. The van der Waals surface area contributed by atoms with Crippen molar-refractivity contribution in [2.24, 2.45) is 10.8 Å². The molecule has 3 saturated heterocycles. The van der Waals surface area contributed by atoms with E-state index >= 15 is 0 Å². The van der Waals surface area contributed by atoms with Crippen LogP contribution in [-0.4, -0.2) is 78.1 Å². The summed E-state index contributed by atoms with van der Waals surface area (Å²) in [7, 11) is 0. The largest absolute Gasteiger partial charge is 0.375 e. The molecule has 4 heterocycles. The highest BCUT2D eigenvalue weighted by molar-refractivity contribution is 6.25. The maximum atomic E-state index is 13.2. The highest BCUT2D eigenvalue weighted by atomic mass is 16.2. The molecule has 0 bridgehead atoms. The van der Waals surface area contributed by atoms with Crippen LogP contribution in [-0.2, 0) is 14.4 Å². The number of anilines is 1. The molecule has 4 aliphatic rings. The third-order valence-electron chi connectivity index (χ3n) is 7.82. The van der Waals surface area contributed by atoms with Gasteiger partial charge in [0.2, 0.25) is 17.7 Å². The van der Waals surface area contributed by atoms with Crippen molar-refractivity contribution in [2.75, 3.05) is 38.0 Å². The average molecular weight is 453 g/mol. The van der Waals surface area contributed by atoms with Crippen molar-refractivity contribution < 1.29 is 24.0 Å². The standard InChI is InChI=1S/C23H27N5O5/c1-22-9-24-10-23(22,2)12-27(11-22)17(30)8-25-14-5-3-4-13-18(14)21(33)28(20(13)32)15-6-7-16(29)26-19(15)31/h3-5,15,24-25H,6-12H2,1-2H3,(H,26,29,31)/t15?,22-,23+. The Morgan fingerprint density at radius 1 is 1.09 bits per heavy atom. The number of piperidine rings is 1. The molecule has 4 aliphatic heterocycles. The molecule has 10 heteroatoms. The molecule has 3 N–H and O–H groups in total. The van der Waals surface area contributed by atoms with Crippen LogP contribution < -0.4 is 16.0 Å². The molecule has 3 atom stereocenters. The first kappa shape index (κ1) is 21.6. The third kappa shape index (κ3) is 3.23. The number of hydrogen-bond donors (Lipinski definition) is 3. The fourth-order valence-electron chi connectivity index (χ4n) is 5.55. The summed E-state index contributed by atoms with van der Waals surface area (Å²) in [6.07, 6.45) is 0.158. The van der Waals surface area contributed by atoms with Gasteiger partial charge in [0.25, 0.3) is 11.8 Å². The summed E-state index contributed by atoms with van der Waals surface area (Å²) in [6.45, 7) is 7.49. The normalized spacial score (nSPS) is 31.0. The average Bonchev–Trinajstić information content (AvgIpc) is 3.29. The second kappa shape index (κ2) is 7.38.